The molecule has 3 aliphatic rings. The highest BCUT2D eigenvalue weighted by atomic mass is 16.2. The SMILES string of the molecule is Cc1cc(N2CCC[C@]3(CCC(=O)N(CC4CC4)C3)C2)cc(C)n1. The van der Waals surface area contributed by atoms with E-state index in [9.17, 15) is 4.79 Å². The molecule has 2 aliphatic heterocycles. The predicted molar refractivity (Wildman–Crippen MR) is 96.1 cm³/mol. The number of hydrogen-bond donors (Lipinski definition) is 0. The number of aryl methyl sites for hydroxylation is 2. The number of rotatable bonds is 3. The Balaban J connectivity index is 1.51. The second kappa shape index (κ2) is 6.05. The van der Waals surface area contributed by atoms with Crippen LogP contribution in [0.2, 0.25) is 0 Å². The minimum absolute atomic E-state index is 0.298. The zero-order chi connectivity index (χ0) is 16.7. The van der Waals surface area contributed by atoms with E-state index in [0.717, 1.165) is 56.3 Å². The number of amides is 1. The summed E-state index contributed by atoms with van der Waals surface area (Å²) in [5.74, 6) is 1.18. The van der Waals surface area contributed by atoms with Gasteiger partial charge >= 0.3 is 0 Å². The fraction of sp³-hybridized carbons (Fsp3) is 0.700. The number of hydrogen-bond acceptors (Lipinski definition) is 3. The molecule has 3 heterocycles. The number of likely N-dealkylation sites (tertiary alicyclic amines) is 1. The molecule has 2 saturated heterocycles. The summed E-state index contributed by atoms with van der Waals surface area (Å²) in [6, 6.07) is 4.42. The predicted octanol–water partition coefficient (Wildman–Crippen LogP) is 3.32. The second-order valence-electron chi connectivity index (χ2n) is 8.35. The second-order valence-corrected chi connectivity index (χ2v) is 8.35. The molecule has 1 atom stereocenters. The van der Waals surface area contributed by atoms with Crippen LogP contribution >= 0.6 is 0 Å². The molecule has 0 N–H and O–H groups in total. The zero-order valence-corrected chi connectivity index (χ0v) is 15.1. The molecule has 3 fully saturated rings. The third kappa shape index (κ3) is 3.28. The molecule has 0 aromatic carbocycles. The Kier molecular flexibility index (Phi) is 4.01. The maximum Gasteiger partial charge on any atom is 0.222 e. The van der Waals surface area contributed by atoms with Crippen molar-refractivity contribution < 1.29 is 4.79 Å². The van der Waals surface area contributed by atoms with Crippen LogP contribution in [0.1, 0.15) is 49.9 Å². The summed E-state index contributed by atoms with van der Waals surface area (Å²) in [6.45, 7) is 8.35. The monoisotopic (exact) mass is 327 g/mol. The van der Waals surface area contributed by atoms with Crippen molar-refractivity contribution in [3.63, 3.8) is 0 Å². The van der Waals surface area contributed by atoms with E-state index in [1.807, 2.05) is 0 Å². The molecule has 1 amide bonds. The van der Waals surface area contributed by atoms with Gasteiger partial charge in [0.1, 0.15) is 0 Å². The number of carbonyl (C=O) groups excluding carboxylic acids is 1. The quantitative estimate of drug-likeness (QED) is 0.854. The molecule has 1 aromatic heterocycles. The lowest BCUT2D eigenvalue weighted by molar-refractivity contribution is -0.138. The van der Waals surface area contributed by atoms with Crippen molar-refractivity contribution in [2.75, 3.05) is 31.1 Å². The van der Waals surface area contributed by atoms with Crippen LogP contribution in [0.3, 0.4) is 0 Å². The Labute approximate surface area is 145 Å². The van der Waals surface area contributed by atoms with Crippen LogP contribution in [0.4, 0.5) is 5.69 Å². The highest BCUT2D eigenvalue weighted by Gasteiger charge is 2.42. The van der Waals surface area contributed by atoms with Crippen LogP contribution in [0.5, 0.6) is 0 Å². The van der Waals surface area contributed by atoms with Gasteiger partial charge in [-0.15, -0.1) is 0 Å². The first-order chi connectivity index (χ1) is 11.5. The maximum absolute atomic E-state index is 12.3. The van der Waals surface area contributed by atoms with Gasteiger partial charge in [-0.25, -0.2) is 0 Å². The Morgan fingerprint density at radius 3 is 2.62 bits per heavy atom. The van der Waals surface area contributed by atoms with Gasteiger partial charge in [-0.2, -0.15) is 0 Å². The summed E-state index contributed by atoms with van der Waals surface area (Å²) in [7, 11) is 0. The first kappa shape index (κ1) is 15.9. The molecule has 0 unspecified atom stereocenters. The van der Waals surface area contributed by atoms with Crippen molar-refractivity contribution in [2.24, 2.45) is 11.3 Å². The molecular weight excluding hydrogens is 298 g/mol. The molecule has 1 spiro atoms. The molecule has 4 nitrogen and oxygen atoms in total. The van der Waals surface area contributed by atoms with Crippen molar-refractivity contribution in [1.82, 2.24) is 9.88 Å². The molecule has 1 aromatic rings. The van der Waals surface area contributed by atoms with Gasteiger partial charge in [0.2, 0.25) is 5.91 Å². The molecule has 4 heteroatoms. The van der Waals surface area contributed by atoms with Crippen molar-refractivity contribution >= 4 is 11.6 Å². The molecule has 1 aliphatic carbocycles. The normalized spacial score (nSPS) is 27.8. The van der Waals surface area contributed by atoms with E-state index in [2.05, 4.69) is 40.8 Å². The Hall–Kier alpha value is -1.58. The fourth-order valence-corrected chi connectivity index (χ4v) is 4.64. The largest absolute Gasteiger partial charge is 0.371 e. The molecule has 0 bridgehead atoms. The lowest BCUT2D eigenvalue weighted by Gasteiger charge is -2.49. The van der Waals surface area contributed by atoms with Crippen molar-refractivity contribution in [1.29, 1.82) is 0 Å². The van der Waals surface area contributed by atoms with Crippen LogP contribution in [0, 0.1) is 25.2 Å². The van der Waals surface area contributed by atoms with Crippen molar-refractivity contribution in [3.8, 4) is 0 Å². The van der Waals surface area contributed by atoms with Crippen LogP contribution in [0.25, 0.3) is 0 Å². The molecule has 4 rings (SSSR count). The maximum atomic E-state index is 12.3. The van der Waals surface area contributed by atoms with Gasteiger partial charge in [-0.05, 0) is 64.0 Å². The van der Waals surface area contributed by atoms with Gasteiger partial charge in [0.15, 0.2) is 0 Å². The zero-order valence-electron chi connectivity index (χ0n) is 15.1. The van der Waals surface area contributed by atoms with Crippen LogP contribution in [-0.4, -0.2) is 42.0 Å². The number of anilines is 1. The highest BCUT2D eigenvalue weighted by molar-refractivity contribution is 5.77. The number of piperidine rings is 2. The number of pyridine rings is 1. The van der Waals surface area contributed by atoms with Crippen molar-refractivity contribution in [2.45, 2.75) is 52.4 Å². The third-order valence-corrected chi connectivity index (χ3v) is 6.02. The van der Waals surface area contributed by atoms with E-state index in [0.29, 0.717) is 11.3 Å². The van der Waals surface area contributed by atoms with Crippen LogP contribution in [-0.2, 0) is 4.79 Å². The molecule has 0 radical (unpaired) electrons. The molecule has 130 valence electrons. The van der Waals surface area contributed by atoms with Gasteiger partial charge < -0.3 is 9.80 Å². The van der Waals surface area contributed by atoms with Gasteiger partial charge in [-0.1, -0.05) is 0 Å². The lowest BCUT2D eigenvalue weighted by atomic mass is 9.73. The smallest absolute Gasteiger partial charge is 0.222 e. The van der Waals surface area contributed by atoms with E-state index in [1.165, 1.54) is 31.4 Å². The molecule has 1 saturated carbocycles. The molecular formula is C20H29N3O. The minimum Gasteiger partial charge on any atom is -0.371 e. The third-order valence-electron chi connectivity index (χ3n) is 6.02. The van der Waals surface area contributed by atoms with E-state index < -0.39 is 0 Å². The van der Waals surface area contributed by atoms with Crippen LogP contribution in [0.15, 0.2) is 12.1 Å². The molecule has 24 heavy (non-hydrogen) atoms. The average Bonchev–Trinajstić information content (AvgIpc) is 3.35. The Bertz CT molecular complexity index is 620. The van der Waals surface area contributed by atoms with E-state index in [4.69, 9.17) is 0 Å². The number of carbonyl (C=O) groups is 1. The van der Waals surface area contributed by atoms with Crippen molar-refractivity contribution in [3.05, 3.63) is 23.5 Å². The Morgan fingerprint density at radius 2 is 1.92 bits per heavy atom. The summed E-state index contributed by atoms with van der Waals surface area (Å²) in [5, 5.41) is 0. The summed E-state index contributed by atoms with van der Waals surface area (Å²) in [4.78, 5) is 21.6. The van der Waals surface area contributed by atoms with E-state index >= 15 is 0 Å². The van der Waals surface area contributed by atoms with Gasteiger partial charge in [0.05, 0.1) is 0 Å². The minimum atomic E-state index is 0.298. The number of nitrogens with zero attached hydrogens (tertiary/aromatic N) is 3. The summed E-state index contributed by atoms with van der Waals surface area (Å²) in [6.07, 6.45) is 6.94. The topological polar surface area (TPSA) is 36.4 Å². The van der Waals surface area contributed by atoms with Gasteiger partial charge in [-0.3, -0.25) is 9.78 Å². The first-order valence-electron chi connectivity index (χ1n) is 9.51. The summed E-state index contributed by atoms with van der Waals surface area (Å²) in [5.41, 5.74) is 3.80. The highest BCUT2D eigenvalue weighted by Crippen LogP contribution is 2.41. The summed E-state index contributed by atoms with van der Waals surface area (Å²) >= 11 is 0. The average molecular weight is 327 g/mol. The van der Waals surface area contributed by atoms with Crippen LogP contribution < -0.4 is 4.90 Å². The fourth-order valence-electron chi connectivity index (χ4n) is 4.64. The summed E-state index contributed by atoms with van der Waals surface area (Å²) < 4.78 is 0. The number of aromatic nitrogens is 1. The van der Waals surface area contributed by atoms with E-state index in [-0.39, 0.29) is 0 Å². The Morgan fingerprint density at radius 1 is 1.17 bits per heavy atom. The standard InChI is InChI=1S/C20H29N3O/c1-15-10-18(11-16(2)21-15)22-9-3-7-20(13-22)8-6-19(24)23(14-20)12-17-4-5-17/h10-11,17H,3-9,12-14H2,1-2H3/t20-/m0/s1. The van der Waals surface area contributed by atoms with Gasteiger partial charge in [0, 0.05) is 55.1 Å². The van der Waals surface area contributed by atoms with E-state index in [1.54, 1.807) is 0 Å². The first-order valence-corrected chi connectivity index (χ1v) is 9.51. The van der Waals surface area contributed by atoms with Gasteiger partial charge in [0.25, 0.3) is 0 Å². The lowest BCUT2D eigenvalue weighted by Crippen LogP contribution is -2.54.